The van der Waals surface area contributed by atoms with Gasteiger partial charge in [-0.25, -0.2) is 12.7 Å². The molecular formula is C17H25ClN2O4S. The number of amides is 1. The topological polar surface area (TPSA) is 66.9 Å². The van der Waals surface area contributed by atoms with Crippen molar-refractivity contribution >= 4 is 27.5 Å². The molecule has 8 heteroatoms. The highest BCUT2D eigenvalue weighted by molar-refractivity contribution is 7.88. The van der Waals surface area contributed by atoms with E-state index >= 15 is 0 Å². The number of sulfonamides is 1. The van der Waals surface area contributed by atoms with E-state index < -0.39 is 10.0 Å². The van der Waals surface area contributed by atoms with E-state index in [-0.39, 0.29) is 11.9 Å². The summed E-state index contributed by atoms with van der Waals surface area (Å²) < 4.78 is 29.7. The molecule has 6 nitrogen and oxygen atoms in total. The zero-order chi connectivity index (χ0) is 18.6. The summed E-state index contributed by atoms with van der Waals surface area (Å²) >= 11 is 6.10. The Morgan fingerprint density at radius 1 is 1.36 bits per heavy atom. The first-order valence-electron chi connectivity index (χ1n) is 8.25. The van der Waals surface area contributed by atoms with Crippen LogP contribution in [-0.2, 0) is 21.2 Å². The van der Waals surface area contributed by atoms with Gasteiger partial charge >= 0.3 is 0 Å². The zero-order valence-electron chi connectivity index (χ0n) is 14.9. The maximum atomic E-state index is 12.4. The summed E-state index contributed by atoms with van der Waals surface area (Å²) in [4.78, 5) is 14.2. The van der Waals surface area contributed by atoms with E-state index in [1.807, 2.05) is 17.0 Å². The molecule has 0 atom stereocenters. The van der Waals surface area contributed by atoms with Crippen LogP contribution in [0.5, 0.6) is 5.75 Å². The summed E-state index contributed by atoms with van der Waals surface area (Å²) in [6, 6.07) is 5.50. The lowest BCUT2D eigenvalue weighted by Crippen LogP contribution is -2.47. The van der Waals surface area contributed by atoms with Gasteiger partial charge in [-0.1, -0.05) is 17.7 Å². The Bertz CT molecular complexity index is 715. The Morgan fingerprint density at radius 2 is 2.00 bits per heavy atom. The van der Waals surface area contributed by atoms with Gasteiger partial charge in [-0.2, -0.15) is 0 Å². The summed E-state index contributed by atoms with van der Waals surface area (Å²) in [7, 11) is -0.0224. The Balaban J connectivity index is 1.84. The molecule has 1 amide bonds. The van der Waals surface area contributed by atoms with Gasteiger partial charge < -0.3 is 9.64 Å². The lowest BCUT2D eigenvalue weighted by molar-refractivity contribution is -0.132. The van der Waals surface area contributed by atoms with Crippen molar-refractivity contribution in [2.45, 2.75) is 31.7 Å². The van der Waals surface area contributed by atoms with Crippen LogP contribution in [0.3, 0.4) is 0 Å². The first-order valence-corrected chi connectivity index (χ1v) is 10.5. The molecule has 1 aliphatic heterocycles. The van der Waals surface area contributed by atoms with Gasteiger partial charge in [-0.05, 0) is 37.0 Å². The molecule has 0 radical (unpaired) electrons. The zero-order valence-corrected chi connectivity index (χ0v) is 16.4. The van der Waals surface area contributed by atoms with Crippen LogP contribution in [0.1, 0.15) is 24.8 Å². The number of hydrogen-bond acceptors (Lipinski definition) is 4. The van der Waals surface area contributed by atoms with E-state index in [0.717, 1.165) is 5.56 Å². The molecule has 0 N–H and O–H groups in total. The minimum absolute atomic E-state index is 0.0283. The molecule has 0 saturated carbocycles. The van der Waals surface area contributed by atoms with Crippen molar-refractivity contribution in [2.24, 2.45) is 0 Å². The Morgan fingerprint density at radius 3 is 2.52 bits per heavy atom. The molecule has 1 heterocycles. The van der Waals surface area contributed by atoms with E-state index in [0.29, 0.717) is 49.5 Å². The molecule has 0 aromatic heterocycles. The average Bonchev–Trinajstić information content (AvgIpc) is 2.58. The number of likely N-dealkylation sites (tertiary alicyclic amines) is 1. The van der Waals surface area contributed by atoms with Gasteiger partial charge in [0.25, 0.3) is 0 Å². The second-order valence-electron chi connectivity index (χ2n) is 6.36. The molecule has 1 aromatic rings. The molecule has 1 aliphatic rings. The van der Waals surface area contributed by atoms with Gasteiger partial charge in [-0.15, -0.1) is 0 Å². The van der Waals surface area contributed by atoms with Gasteiger partial charge in [0.2, 0.25) is 15.9 Å². The van der Waals surface area contributed by atoms with Crippen molar-refractivity contribution in [1.29, 1.82) is 0 Å². The van der Waals surface area contributed by atoms with Crippen molar-refractivity contribution in [3.63, 3.8) is 0 Å². The van der Waals surface area contributed by atoms with E-state index in [2.05, 4.69) is 0 Å². The Labute approximate surface area is 154 Å². The van der Waals surface area contributed by atoms with Crippen molar-refractivity contribution in [1.82, 2.24) is 9.21 Å². The fraction of sp³-hybridized carbons (Fsp3) is 0.588. The lowest BCUT2D eigenvalue weighted by Gasteiger charge is -2.35. The monoisotopic (exact) mass is 388 g/mol. The summed E-state index contributed by atoms with van der Waals surface area (Å²) in [5.74, 6) is 0.709. The van der Waals surface area contributed by atoms with Gasteiger partial charge in [0.1, 0.15) is 5.75 Å². The summed E-state index contributed by atoms with van der Waals surface area (Å²) in [5.41, 5.74) is 0.992. The number of piperidine rings is 1. The molecule has 140 valence electrons. The fourth-order valence-electron chi connectivity index (χ4n) is 3.02. The summed E-state index contributed by atoms with van der Waals surface area (Å²) in [5, 5.41) is 0.539. The minimum atomic E-state index is -3.19. The van der Waals surface area contributed by atoms with E-state index in [1.165, 1.54) is 10.6 Å². The molecule has 0 spiro atoms. The molecule has 0 aliphatic carbocycles. The lowest BCUT2D eigenvalue weighted by atomic mass is 10.0. The molecule has 1 fully saturated rings. The number of nitrogens with zero attached hydrogens (tertiary/aromatic N) is 2. The molecular weight excluding hydrogens is 364 g/mol. The van der Waals surface area contributed by atoms with Crippen LogP contribution in [0.15, 0.2) is 18.2 Å². The van der Waals surface area contributed by atoms with Gasteiger partial charge in [0.05, 0.1) is 18.4 Å². The van der Waals surface area contributed by atoms with E-state index in [4.69, 9.17) is 16.3 Å². The normalized spacial score (nSPS) is 16.3. The highest BCUT2D eigenvalue weighted by Crippen LogP contribution is 2.25. The second-order valence-corrected chi connectivity index (χ2v) is 8.81. The van der Waals surface area contributed by atoms with Gasteiger partial charge in [0.15, 0.2) is 0 Å². The van der Waals surface area contributed by atoms with E-state index in [1.54, 1.807) is 20.2 Å². The first-order chi connectivity index (χ1) is 11.7. The largest absolute Gasteiger partial charge is 0.495 e. The third kappa shape index (κ3) is 5.33. The molecule has 1 aromatic carbocycles. The number of aryl methyl sites for hydroxylation is 1. The standard InChI is InChI=1S/C17H25ClN2O4S/c1-19(25(3,22)23)14-8-10-20(11-9-14)17(21)7-5-13-4-6-16(24-2)15(18)12-13/h4,6,12,14H,5,7-11H2,1-3H3. The third-order valence-electron chi connectivity index (χ3n) is 4.70. The smallest absolute Gasteiger partial charge is 0.222 e. The fourth-order valence-corrected chi connectivity index (χ4v) is 4.06. The third-order valence-corrected chi connectivity index (χ3v) is 6.34. The number of benzene rings is 1. The van der Waals surface area contributed by atoms with Crippen molar-refractivity contribution in [3.05, 3.63) is 28.8 Å². The van der Waals surface area contributed by atoms with Crippen LogP contribution >= 0.6 is 11.6 Å². The Hall–Kier alpha value is -1.31. The predicted molar refractivity (Wildman–Crippen MR) is 98.5 cm³/mol. The van der Waals surface area contributed by atoms with Crippen LogP contribution in [0.25, 0.3) is 0 Å². The SMILES string of the molecule is COc1ccc(CCC(=O)N2CCC(N(C)S(C)(=O)=O)CC2)cc1Cl. The number of halogens is 1. The molecule has 1 saturated heterocycles. The molecule has 0 unspecified atom stereocenters. The number of methoxy groups -OCH3 is 1. The number of carbonyl (C=O) groups is 1. The highest BCUT2D eigenvalue weighted by Gasteiger charge is 2.28. The molecule has 25 heavy (non-hydrogen) atoms. The average molecular weight is 389 g/mol. The minimum Gasteiger partial charge on any atom is -0.495 e. The van der Waals surface area contributed by atoms with Crippen LogP contribution < -0.4 is 4.74 Å². The Kier molecular flexibility index (Phi) is 6.71. The van der Waals surface area contributed by atoms with Crippen molar-refractivity contribution in [3.8, 4) is 5.75 Å². The quantitative estimate of drug-likeness (QED) is 0.749. The predicted octanol–water partition coefficient (Wildman–Crippen LogP) is 2.16. The highest BCUT2D eigenvalue weighted by atomic mass is 35.5. The maximum Gasteiger partial charge on any atom is 0.222 e. The van der Waals surface area contributed by atoms with Crippen LogP contribution in [0, 0.1) is 0 Å². The molecule has 0 bridgehead atoms. The second kappa shape index (κ2) is 8.38. The molecule has 2 rings (SSSR count). The van der Waals surface area contributed by atoms with Crippen LogP contribution in [0.2, 0.25) is 5.02 Å². The van der Waals surface area contributed by atoms with E-state index in [9.17, 15) is 13.2 Å². The summed E-state index contributed by atoms with van der Waals surface area (Å²) in [6.45, 7) is 1.18. The van der Waals surface area contributed by atoms with Crippen molar-refractivity contribution < 1.29 is 17.9 Å². The number of hydrogen-bond donors (Lipinski definition) is 0. The van der Waals surface area contributed by atoms with Gasteiger partial charge in [0, 0.05) is 32.6 Å². The summed E-state index contributed by atoms with van der Waals surface area (Å²) in [6.07, 6.45) is 3.58. The van der Waals surface area contributed by atoms with Gasteiger partial charge in [-0.3, -0.25) is 4.79 Å². The number of ether oxygens (including phenoxy) is 1. The van der Waals surface area contributed by atoms with Crippen LogP contribution in [-0.4, -0.2) is 63.1 Å². The number of rotatable bonds is 6. The number of carbonyl (C=O) groups excluding carboxylic acids is 1. The first kappa shape index (κ1) is 20.0. The maximum absolute atomic E-state index is 12.4. The van der Waals surface area contributed by atoms with Crippen LogP contribution in [0.4, 0.5) is 0 Å². The van der Waals surface area contributed by atoms with Crippen molar-refractivity contribution in [2.75, 3.05) is 33.5 Å².